The third-order valence-electron chi connectivity index (χ3n) is 4.95. The number of rotatable bonds is 10. The van der Waals surface area contributed by atoms with Gasteiger partial charge in [0.1, 0.15) is 5.82 Å². The molecule has 0 aliphatic heterocycles. The molecule has 1 amide bonds. The van der Waals surface area contributed by atoms with E-state index in [0.29, 0.717) is 32.3 Å². The first-order chi connectivity index (χ1) is 17.5. The Balaban J connectivity index is 1.23. The Morgan fingerprint density at radius 2 is 1.67 bits per heavy atom. The van der Waals surface area contributed by atoms with Crippen molar-refractivity contribution in [2.24, 2.45) is 17.3 Å². The number of aromatic nitrogens is 3. The zero-order valence-corrected chi connectivity index (χ0v) is 22.4. The van der Waals surface area contributed by atoms with Crippen LogP contribution in [0.15, 0.2) is 88.2 Å². The fourth-order valence-corrected chi connectivity index (χ4v) is 5.33. The number of halogens is 2. The van der Waals surface area contributed by atoms with Gasteiger partial charge >= 0.3 is 0 Å². The maximum absolute atomic E-state index is 12.4. The van der Waals surface area contributed by atoms with Crippen molar-refractivity contribution in [2.45, 2.75) is 16.7 Å². The molecular formula is C25H22Cl2N6OS2. The van der Waals surface area contributed by atoms with E-state index in [4.69, 9.17) is 23.2 Å². The first-order valence-electron chi connectivity index (χ1n) is 10.9. The summed E-state index contributed by atoms with van der Waals surface area (Å²) in [6.07, 6.45) is 0. The van der Waals surface area contributed by atoms with Gasteiger partial charge in [-0.1, -0.05) is 59.2 Å². The highest BCUT2D eigenvalue weighted by molar-refractivity contribution is 7.99. The van der Waals surface area contributed by atoms with Gasteiger partial charge < -0.3 is 9.88 Å². The summed E-state index contributed by atoms with van der Waals surface area (Å²) in [7, 11) is 1.90. The van der Waals surface area contributed by atoms with Crippen LogP contribution >= 0.6 is 46.7 Å². The Kier molecular flexibility index (Phi) is 9.41. The minimum absolute atomic E-state index is 0.130. The van der Waals surface area contributed by atoms with Crippen LogP contribution in [0.2, 0.25) is 10.0 Å². The number of hydrogen-bond donors (Lipinski definition) is 1. The summed E-state index contributed by atoms with van der Waals surface area (Å²) in [6.45, 7) is 0. The van der Waals surface area contributed by atoms with Crippen LogP contribution in [-0.4, -0.2) is 26.4 Å². The number of hydrogen-bond acceptors (Lipinski definition) is 7. The van der Waals surface area contributed by atoms with Crippen molar-refractivity contribution < 1.29 is 4.79 Å². The minimum Gasteiger partial charge on any atom is -0.325 e. The highest BCUT2D eigenvalue weighted by atomic mass is 35.5. The molecule has 0 aliphatic carbocycles. The first kappa shape index (κ1) is 26.2. The van der Waals surface area contributed by atoms with E-state index < -0.39 is 0 Å². The van der Waals surface area contributed by atoms with Crippen LogP contribution in [0.4, 0.5) is 17.1 Å². The molecule has 0 saturated carbocycles. The summed E-state index contributed by atoms with van der Waals surface area (Å²) >= 11 is 15.2. The van der Waals surface area contributed by atoms with Gasteiger partial charge in [-0.15, -0.1) is 22.0 Å². The molecule has 0 bridgehead atoms. The second-order valence-electron chi connectivity index (χ2n) is 7.61. The van der Waals surface area contributed by atoms with Gasteiger partial charge in [0.05, 0.1) is 22.9 Å². The van der Waals surface area contributed by atoms with Gasteiger partial charge in [0.25, 0.3) is 0 Å². The molecule has 0 saturated heterocycles. The molecule has 11 heteroatoms. The average Bonchev–Trinajstić information content (AvgIpc) is 3.23. The normalized spacial score (nSPS) is 11.2. The molecule has 1 heterocycles. The maximum atomic E-state index is 12.4. The van der Waals surface area contributed by atoms with Crippen molar-refractivity contribution in [2.75, 3.05) is 11.1 Å². The van der Waals surface area contributed by atoms with Crippen LogP contribution in [0.25, 0.3) is 0 Å². The lowest BCUT2D eigenvalue weighted by Gasteiger charge is -2.07. The van der Waals surface area contributed by atoms with Crippen molar-refractivity contribution in [3.8, 4) is 0 Å². The van der Waals surface area contributed by atoms with Crippen molar-refractivity contribution in [3.63, 3.8) is 0 Å². The zero-order valence-electron chi connectivity index (χ0n) is 19.3. The van der Waals surface area contributed by atoms with Crippen LogP contribution in [0.1, 0.15) is 11.4 Å². The van der Waals surface area contributed by atoms with Crippen LogP contribution in [0, 0.1) is 0 Å². The molecule has 0 fully saturated rings. The van der Waals surface area contributed by atoms with Gasteiger partial charge in [-0.2, -0.15) is 10.2 Å². The average molecular weight is 558 g/mol. The number of nitrogens with zero attached hydrogens (tertiary/aromatic N) is 5. The largest absolute Gasteiger partial charge is 0.325 e. The Labute approximate surface area is 227 Å². The number of thioether (sulfide) groups is 2. The van der Waals surface area contributed by atoms with Crippen molar-refractivity contribution >= 4 is 69.7 Å². The van der Waals surface area contributed by atoms with Crippen molar-refractivity contribution in [1.29, 1.82) is 0 Å². The van der Waals surface area contributed by atoms with Crippen LogP contribution in [0.5, 0.6) is 0 Å². The minimum atomic E-state index is -0.130. The Bertz CT molecular complexity index is 1350. The second kappa shape index (κ2) is 12.9. The number of carbonyl (C=O) groups is 1. The lowest BCUT2D eigenvalue weighted by molar-refractivity contribution is -0.113. The molecule has 4 aromatic rings. The van der Waals surface area contributed by atoms with Gasteiger partial charge in [-0.3, -0.25) is 4.79 Å². The quantitative estimate of drug-likeness (QED) is 0.160. The Hall–Kier alpha value is -2.85. The lowest BCUT2D eigenvalue weighted by atomic mass is 10.2. The fraction of sp³-hybridized carbons (Fsp3) is 0.160. The molecule has 0 spiro atoms. The predicted octanol–water partition coefficient (Wildman–Crippen LogP) is 7.70. The zero-order chi connectivity index (χ0) is 25.3. The summed E-state index contributed by atoms with van der Waals surface area (Å²) in [5, 5.41) is 21.7. The molecule has 3 aromatic carbocycles. The molecule has 36 heavy (non-hydrogen) atoms. The monoisotopic (exact) mass is 556 g/mol. The predicted molar refractivity (Wildman–Crippen MR) is 149 cm³/mol. The number of azo groups is 1. The maximum Gasteiger partial charge on any atom is 0.234 e. The Morgan fingerprint density at radius 1 is 0.944 bits per heavy atom. The molecule has 0 aliphatic rings. The highest BCUT2D eigenvalue weighted by Crippen LogP contribution is 2.27. The Morgan fingerprint density at radius 3 is 2.39 bits per heavy atom. The molecule has 184 valence electrons. The molecule has 0 radical (unpaired) electrons. The van der Waals surface area contributed by atoms with Gasteiger partial charge in [0, 0.05) is 28.5 Å². The molecule has 1 aromatic heterocycles. The molecule has 7 nitrogen and oxygen atoms in total. The lowest BCUT2D eigenvalue weighted by Crippen LogP contribution is -2.14. The summed E-state index contributed by atoms with van der Waals surface area (Å²) in [6, 6.07) is 22.2. The summed E-state index contributed by atoms with van der Waals surface area (Å²) in [5.41, 5.74) is 3.19. The van der Waals surface area contributed by atoms with Gasteiger partial charge in [-0.05, 0) is 54.1 Å². The SMILES string of the molecule is Cn1c(CSCc2ccc(Cl)cc2Cl)nnc1SCC(=O)Nc1ccc(N=Nc2ccccc2)cc1. The number of nitrogens with one attached hydrogen (secondary N) is 1. The van der Waals surface area contributed by atoms with Gasteiger partial charge in [0.2, 0.25) is 5.91 Å². The third-order valence-corrected chi connectivity index (χ3v) is 7.53. The summed E-state index contributed by atoms with van der Waals surface area (Å²) in [5.74, 6) is 2.32. The van der Waals surface area contributed by atoms with Crippen LogP contribution in [-0.2, 0) is 23.3 Å². The number of anilines is 1. The summed E-state index contributed by atoms with van der Waals surface area (Å²) in [4.78, 5) is 12.4. The van der Waals surface area contributed by atoms with E-state index in [2.05, 4.69) is 25.7 Å². The van der Waals surface area contributed by atoms with Gasteiger partial charge in [-0.25, -0.2) is 0 Å². The van der Waals surface area contributed by atoms with Crippen LogP contribution < -0.4 is 5.32 Å². The van der Waals surface area contributed by atoms with E-state index in [1.165, 1.54) is 11.8 Å². The molecule has 0 atom stereocenters. The van der Waals surface area contributed by atoms with E-state index in [0.717, 1.165) is 22.8 Å². The highest BCUT2D eigenvalue weighted by Gasteiger charge is 2.12. The number of amides is 1. The van der Waals surface area contributed by atoms with E-state index in [-0.39, 0.29) is 11.7 Å². The molecule has 1 N–H and O–H groups in total. The molecule has 0 unspecified atom stereocenters. The second-order valence-corrected chi connectivity index (χ2v) is 10.4. The van der Waals surface area contributed by atoms with E-state index >= 15 is 0 Å². The molecular weight excluding hydrogens is 535 g/mol. The van der Waals surface area contributed by atoms with Crippen molar-refractivity contribution in [3.05, 3.63) is 94.2 Å². The topological polar surface area (TPSA) is 84.5 Å². The van der Waals surface area contributed by atoms with E-state index in [1.54, 1.807) is 42.1 Å². The fourth-order valence-electron chi connectivity index (χ4n) is 3.04. The third kappa shape index (κ3) is 7.57. The van der Waals surface area contributed by atoms with E-state index in [1.807, 2.05) is 54.1 Å². The van der Waals surface area contributed by atoms with Crippen LogP contribution in [0.3, 0.4) is 0 Å². The van der Waals surface area contributed by atoms with Gasteiger partial charge in [0.15, 0.2) is 5.16 Å². The molecule has 4 rings (SSSR count). The van der Waals surface area contributed by atoms with E-state index in [9.17, 15) is 4.79 Å². The number of benzene rings is 3. The first-order valence-corrected chi connectivity index (χ1v) is 13.8. The summed E-state index contributed by atoms with van der Waals surface area (Å²) < 4.78 is 1.90. The smallest absolute Gasteiger partial charge is 0.234 e. The van der Waals surface area contributed by atoms with Crippen molar-refractivity contribution in [1.82, 2.24) is 14.8 Å². The number of carbonyl (C=O) groups excluding carboxylic acids is 1. The standard InChI is InChI=1S/C25H22Cl2N6OS2/c1-33-23(15-35-14-17-7-8-18(26)13-22(17)27)31-32-25(33)36-16-24(34)28-19-9-11-21(12-10-19)30-29-20-5-3-2-4-6-20/h2-13H,14-16H2,1H3,(H,28,34).